The molecule has 4 heteroatoms. The number of H-pyrrole nitrogens is 1. The van der Waals surface area contributed by atoms with Crippen molar-refractivity contribution in [1.29, 1.82) is 0 Å². The molecule has 0 saturated heterocycles. The van der Waals surface area contributed by atoms with E-state index in [2.05, 4.69) is 23.8 Å². The lowest BCUT2D eigenvalue weighted by molar-refractivity contribution is 0.0995. The van der Waals surface area contributed by atoms with Crippen LogP contribution in [-0.4, -0.2) is 15.9 Å². The topological polar surface area (TPSA) is 71.8 Å². The number of rotatable bonds is 2. The van der Waals surface area contributed by atoms with Crippen LogP contribution in [0.3, 0.4) is 0 Å². The lowest BCUT2D eigenvalue weighted by atomic mass is 10.0. The fraction of sp³-hybridized carbons (Fsp3) is 0.200. The lowest BCUT2D eigenvalue weighted by Crippen LogP contribution is -2.14. The molecule has 19 heavy (non-hydrogen) atoms. The molecule has 0 saturated carbocycles. The summed E-state index contributed by atoms with van der Waals surface area (Å²) < 4.78 is 0. The number of fused-ring (bicyclic) bond motifs is 3. The number of benzene rings is 1. The predicted octanol–water partition coefficient (Wildman–Crippen LogP) is 2.94. The second-order valence-corrected chi connectivity index (χ2v) is 5.00. The normalized spacial score (nSPS) is 11.5. The molecule has 2 aromatic heterocycles. The van der Waals surface area contributed by atoms with Gasteiger partial charge < -0.3 is 10.7 Å². The number of nitrogens with zero attached hydrogens (tertiary/aromatic N) is 1. The smallest absolute Gasteiger partial charge is 0.267 e. The van der Waals surface area contributed by atoms with Crippen LogP contribution < -0.4 is 5.73 Å². The summed E-state index contributed by atoms with van der Waals surface area (Å²) in [5.74, 6) is -0.274. The zero-order chi connectivity index (χ0) is 13.6. The third kappa shape index (κ3) is 1.76. The fourth-order valence-electron chi connectivity index (χ4n) is 2.41. The van der Waals surface area contributed by atoms with E-state index in [1.54, 1.807) is 6.07 Å². The average Bonchev–Trinajstić information content (AvgIpc) is 2.75. The number of primary amides is 1. The quantitative estimate of drug-likeness (QED) is 0.737. The number of nitrogens with two attached hydrogens (primary N) is 1. The monoisotopic (exact) mass is 253 g/mol. The van der Waals surface area contributed by atoms with Gasteiger partial charge in [0.1, 0.15) is 5.69 Å². The highest BCUT2D eigenvalue weighted by Gasteiger charge is 2.15. The largest absolute Gasteiger partial charge is 0.364 e. The number of carbonyl (C=O) groups excluding carboxylic acids is 1. The van der Waals surface area contributed by atoms with E-state index in [1.807, 2.05) is 24.3 Å². The summed E-state index contributed by atoms with van der Waals surface area (Å²) in [7, 11) is 0. The van der Waals surface area contributed by atoms with Gasteiger partial charge in [0, 0.05) is 16.3 Å². The van der Waals surface area contributed by atoms with Crippen molar-refractivity contribution in [3.63, 3.8) is 0 Å². The van der Waals surface area contributed by atoms with Gasteiger partial charge >= 0.3 is 0 Å². The Morgan fingerprint density at radius 2 is 2.00 bits per heavy atom. The molecule has 0 atom stereocenters. The van der Waals surface area contributed by atoms with Gasteiger partial charge in [0.25, 0.3) is 5.91 Å². The Labute approximate surface area is 110 Å². The summed E-state index contributed by atoms with van der Waals surface area (Å²) in [6, 6.07) is 9.78. The molecular formula is C15H15N3O. The van der Waals surface area contributed by atoms with Gasteiger partial charge in [0.2, 0.25) is 0 Å². The SMILES string of the molecule is CC(C)c1nc(C(N)=O)cc2c1[nH]c1ccccc12. The zero-order valence-corrected chi connectivity index (χ0v) is 10.9. The summed E-state index contributed by atoms with van der Waals surface area (Å²) in [6.07, 6.45) is 0. The molecule has 3 N–H and O–H groups in total. The van der Waals surface area contributed by atoms with E-state index in [1.165, 1.54) is 0 Å². The van der Waals surface area contributed by atoms with Crippen LogP contribution in [0, 0.1) is 0 Å². The highest BCUT2D eigenvalue weighted by molar-refractivity contribution is 6.10. The van der Waals surface area contributed by atoms with Gasteiger partial charge in [-0.1, -0.05) is 32.0 Å². The third-order valence-electron chi connectivity index (χ3n) is 3.32. The summed E-state index contributed by atoms with van der Waals surface area (Å²) in [4.78, 5) is 19.2. The molecule has 0 unspecified atom stereocenters. The van der Waals surface area contributed by atoms with Crippen molar-refractivity contribution < 1.29 is 4.79 Å². The third-order valence-corrected chi connectivity index (χ3v) is 3.32. The molecule has 3 rings (SSSR count). The Balaban J connectivity index is 2.48. The number of aromatic amines is 1. The van der Waals surface area contributed by atoms with Crippen molar-refractivity contribution in [2.75, 3.05) is 0 Å². The van der Waals surface area contributed by atoms with Crippen molar-refractivity contribution in [3.05, 3.63) is 41.7 Å². The van der Waals surface area contributed by atoms with Crippen LogP contribution in [0.4, 0.5) is 0 Å². The molecule has 96 valence electrons. The molecule has 0 radical (unpaired) electrons. The molecule has 0 spiro atoms. The molecule has 2 heterocycles. The van der Waals surface area contributed by atoms with Crippen molar-refractivity contribution in [2.24, 2.45) is 5.73 Å². The first kappa shape index (κ1) is 11.7. The van der Waals surface area contributed by atoms with Crippen LogP contribution >= 0.6 is 0 Å². The average molecular weight is 253 g/mol. The predicted molar refractivity (Wildman–Crippen MR) is 76.2 cm³/mol. The van der Waals surface area contributed by atoms with Crippen LogP contribution in [0.1, 0.15) is 35.9 Å². The Morgan fingerprint density at radius 3 is 2.68 bits per heavy atom. The number of nitrogens with one attached hydrogen (secondary N) is 1. The minimum atomic E-state index is -0.492. The van der Waals surface area contributed by atoms with Gasteiger partial charge in [-0.15, -0.1) is 0 Å². The van der Waals surface area contributed by atoms with Crippen LogP contribution in [0.15, 0.2) is 30.3 Å². The van der Waals surface area contributed by atoms with Gasteiger partial charge in [0.15, 0.2) is 0 Å². The Kier molecular flexibility index (Phi) is 2.52. The van der Waals surface area contributed by atoms with Crippen molar-refractivity contribution >= 4 is 27.7 Å². The second-order valence-electron chi connectivity index (χ2n) is 5.00. The van der Waals surface area contributed by atoms with Gasteiger partial charge in [-0.05, 0) is 18.1 Å². The minimum Gasteiger partial charge on any atom is -0.364 e. The molecule has 0 bridgehead atoms. The maximum atomic E-state index is 11.4. The van der Waals surface area contributed by atoms with E-state index < -0.39 is 5.91 Å². The van der Waals surface area contributed by atoms with E-state index in [0.29, 0.717) is 5.69 Å². The number of carbonyl (C=O) groups is 1. The van der Waals surface area contributed by atoms with Gasteiger partial charge in [0.05, 0.1) is 11.2 Å². The second kappa shape index (κ2) is 4.09. The number of amides is 1. The standard InChI is InChI=1S/C15H15N3O/c1-8(2)13-14-10(7-12(18-13)15(16)19)9-5-3-4-6-11(9)17-14/h3-8,17H,1-2H3,(H2,16,19). The maximum absolute atomic E-state index is 11.4. The van der Waals surface area contributed by atoms with Crippen LogP contribution in [-0.2, 0) is 0 Å². The maximum Gasteiger partial charge on any atom is 0.267 e. The van der Waals surface area contributed by atoms with Crippen molar-refractivity contribution in [1.82, 2.24) is 9.97 Å². The van der Waals surface area contributed by atoms with E-state index in [9.17, 15) is 4.79 Å². The first-order chi connectivity index (χ1) is 9.08. The number of pyridine rings is 1. The molecule has 4 nitrogen and oxygen atoms in total. The minimum absolute atomic E-state index is 0.217. The molecule has 0 aliphatic heterocycles. The highest BCUT2D eigenvalue weighted by atomic mass is 16.1. The Morgan fingerprint density at radius 1 is 1.26 bits per heavy atom. The van der Waals surface area contributed by atoms with E-state index in [0.717, 1.165) is 27.5 Å². The Hall–Kier alpha value is -2.36. The number of hydrogen-bond donors (Lipinski definition) is 2. The number of para-hydroxylation sites is 1. The fourth-order valence-corrected chi connectivity index (χ4v) is 2.41. The summed E-state index contributed by atoms with van der Waals surface area (Å²) in [5.41, 5.74) is 8.60. The molecule has 0 aliphatic carbocycles. The first-order valence-electron chi connectivity index (χ1n) is 6.29. The number of aromatic nitrogens is 2. The van der Waals surface area contributed by atoms with Gasteiger partial charge in [-0.2, -0.15) is 0 Å². The van der Waals surface area contributed by atoms with Crippen molar-refractivity contribution in [3.8, 4) is 0 Å². The van der Waals surface area contributed by atoms with Crippen molar-refractivity contribution in [2.45, 2.75) is 19.8 Å². The summed E-state index contributed by atoms with van der Waals surface area (Å²) in [5, 5.41) is 2.09. The first-order valence-corrected chi connectivity index (χ1v) is 6.29. The zero-order valence-electron chi connectivity index (χ0n) is 10.9. The molecular weight excluding hydrogens is 238 g/mol. The molecule has 0 fully saturated rings. The van der Waals surface area contributed by atoms with Crippen LogP contribution in [0.25, 0.3) is 21.8 Å². The van der Waals surface area contributed by atoms with Gasteiger partial charge in [-0.3, -0.25) is 4.79 Å². The summed E-state index contributed by atoms with van der Waals surface area (Å²) in [6.45, 7) is 4.11. The molecule has 3 aromatic rings. The molecule has 1 aromatic carbocycles. The highest BCUT2D eigenvalue weighted by Crippen LogP contribution is 2.30. The van der Waals surface area contributed by atoms with Crippen LogP contribution in [0.2, 0.25) is 0 Å². The van der Waals surface area contributed by atoms with Crippen LogP contribution in [0.5, 0.6) is 0 Å². The van der Waals surface area contributed by atoms with E-state index in [-0.39, 0.29) is 5.92 Å². The van der Waals surface area contributed by atoms with E-state index >= 15 is 0 Å². The number of hydrogen-bond acceptors (Lipinski definition) is 2. The van der Waals surface area contributed by atoms with E-state index in [4.69, 9.17) is 5.73 Å². The molecule has 0 aliphatic rings. The van der Waals surface area contributed by atoms with Gasteiger partial charge in [-0.25, -0.2) is 4.98 Å². The Bertz CT molecular complexity index is 787. The summed E-state index contributed by atoms with van der Waals surface area (Å²) >= 11 is 0. The lowest BCUT2D eigenvalue weighted by Gasteiger charge is -2.07. The molecule has 1 amide bonds.